The third kappa shape index (κ3) is 13.5. The lowest BCUT2D eigenvalue weighted by Gasteiger charge is -2.14. The maximum absolute atomic E-state index is 13.2. The fourth-order valence-corrected chi connectivity index (χ4v) is 6.64. The topological polar surface area (TPSA) is 107 Å². The summed E-state index contributed by atoms with van der Waals surface area (Å²) in [6.45, 7) is 6.28. The number of aromatic nitrogens is 4. The summed E-state index contributed by atoms with van der Waals surface area (Å²) < 4.78 is 85.0. The first-order chi connectivity index (χ1) is 27.7. The molecule has 0 aliphatic rings. The first-order valence-electron chi connectivity index (χ1n) is 18.2. The molecule has 2 heterocycles. The summed E-state index contributed by atoms with van der Waals surface area (Å²) >= 11 is 6.22. The van der Waals surface area contributed by atoms with Crippen molar-refractivity contribution in [2.75, 3.05) is 54.5 Å². The maximum Gasteiger partial charge on any atom is 0.416 e. The Kier molecular flexibility index (Phi) is 16.6. The van der Waals surface area contributed by atoms with Crippen LogP contribution >= 0.6 is 31.9 Å². The third-order valence-corrected chi connectivity index (χ3v) is 9.48. The van der Waals surface area contributed by atoms with Gasteiger partial charge in [-0.2, -0.15) is 31.3 Å². The number of nitrogens with one attached hydrogen (secondary N) is 1. The van der Waals surface area contributed by atoms with Crippen molar-refractivity contribution >= 4 is 53.7 Å². The summed E-state index contributed by atoms with van der Waals surface area (Å²) in [6.07, 6.45) is -7.26. The van der Waals surface area contributed by atoms with Crippen LogP contribution in [0.5, 0.6) is 5.88 Å². The zero-order chi connectivity index (χ0) is 43.7. The molecule has 0 saturated heterocycles. The molecular weight excluding hydrogens is 910 g/mol. The van der Waals surface area contributed by atoms with Gasteiger partial charge in [-0.3, -0.25) is 4.79 Å². The molecule has 9 nitrogen and oxygen atoms in total. The molecule has 0 spiro atoms. The number of nitrogens with zero attached hydrogens (tertiary/aromatic N) is 5. The lowest BCUT2D eigenvalue weighted by molar-refractivity contribution is -0.138. The van der Waals surface area contributed by atoms with Gasteiger partial charge in [-0.15, -0.1) is 0 Å². The number of para-hydroxylation sites is 2. The molecule has 0 aliphatic carbocycles. The summed E-state index contributed by atoms with van der Waals surface area (Å²) in [7, 11) is 7.95. The smallest absolute Gasteiger partial charge is 0.416 e. The number of aliphatic hydroxyl groups excluding tert-OH is 1. The fraction of sp³-hybridized carbons (Fsp3) is 0.333. The van der Waals surface area contributed by atoms with Crippen molar-refractivity contribution in [3.05, 3.63) is 114 Å². The highest BCUT2D eigenvalue weighted by atomic mass is 79.9. The largest absolute Gasteiger partial charge is 0.477 e. The Hall–Kier alpha value is -4.42. The van der Waals surface area contributed by atoms with Gasteiger partial charge in [-0.1, -0.05) is 56.1 Å². The Morgan fingerprint density at radius 2 is 1.20 bits per heavy atom. The first-order valence-corrected chi connectivity index (χ1v) is 19.8. The number of fused-ring (bicyclic) bond motifs is 2. The average Bonchev–Trinajstić information content (AvgIpc) is 3.15. The SMILES string of the molecule is CN(C)CCCO.Cc1cccc2c(=O)[nH]c(-c3cc(Br)cc(C(F)(F)F)c3)nc12.Cc1cccc2c(OCCCN(C)C)nc(-c3cc(Br)cc(C(F)(F)F)c3)nc12. The number of aryl methyl sites for hydroxylation is 2. The van der Waals surface area contributed by atoms with Crippen LogP contribution in [0.15, 0.2) is 86.5 Å². The molecule has 2 N–H and O–H groups in total. The minimum absolute atomic E-state index is 0.101. The minimum atomic E-state index is -4.48. The molecule has 17 heteroatoms. The van der Waals surface area contributed by atoms with E-state index in [9.17, 15) is 31.1 Å². The van der Waals surface area contributed by atoms with Crippen molar-refractivity contribution in [2.45, 2.75) is 39.0 Å². The van der Waals surface area contributed by atoms with Gasteiger partial charge in [-0.25, -0.2) is 9.97 Å². The second-order valence-electron chi connectivity index (χ2n) is 14.0. The van der Waals surface area contributed by atoms with Gasteiger partial charge in [0.1, 0.15) is 5.82 Å². The molecule has 0 atom stereocenters. The lowest BCUT2D eigenvalue weighted by atomic mass is 10.1. The number of H-pyrrole nitrogens is 1. The van der Waals surface area contributed by atoms with Crippen molar-refractivity contribution < 1.29 is 36.2 Å². The van der Waals surface area contributed by atoms with E-state index in [4.69, 9.17) is 9.84 Å². The Labute approximate surface area is 354 Å². The maximum atomic E-state index is 13.2. The fourth-order valence-electron chi connectivity index (χ4n) is 5.66. The van der Waals surface area contributed by atoms with Gasteiger partial charge in [0.05, 0.1) is 39.5 Å². The van der Waals surface area contributed by atoms with E-state index in [0.29, 0.717) is 40.0 Å². The Balaban J connectivity index is 0.000000229. The molecule has 0 amide bonds. The molecule has 0 aliphatic heterocycles. The standard InChI is InChI=1S/C21H21BrF3N3O.C16H10BrF3N2O.C5H13NO/c1-13-6-4-7-17-18(13)26-19(27-20(17)29-9-5-8-28(2)3)14-10-15(21(23,24)25)12-16(22)11-14;1-8-3-2-4-12-13(8)21-14(22-15(12)23)9-5-10(16(18,19)20)7-11(17)6-9;1-6(2)4-3-5-7/h4,6-7,10-12H,5,8-9H2,1-3H3;2-7H,1H3,(H,21,22,23);7H,3-5H2,1-2H3. The second kappa shape index (κ2) is 20.7. The Morgan fingerprint density at radius 3 is 1.73 bits per heavy atom. The summed E-state index contributed by atoms with van der Waals surface area (Å²) in [5.41, 5.74) is 1.31. The normalized spacial score (nSPS) is 11.7. The number of alkyl halides is 6. The molecular formula is C42H44Br2F6N6O3. The highest BCUT2D eigenvalue weighted by Crippen LogP contribution is 2.36. The molecule has 0 saturated carbocycles. The molecule has 0 bridgehead atoms. The van der Waals surface area contributed by atoms with E-state index < -0.39 is 23.5 Å². The van der Waals surface area contributed by atoms with Crippen LogP contribution in [-0.2, 0) is 12.4 Å². The highest BCUT2D eigenvalue weighted by Gasteiger charge is 2.32. The molecule has 316 valence electrons. The van der Waals surface area contributed by atoms with Crippen LogP contribution in [0.4, 0.5) is 26.3 Å². The van der Waals surface area contributed by atoms with Gasteiger partial charge in [-0.05, 0) is 121 Å². The first kappa shape index (κ1) is 47.3. The third-order valence-electron chi connectivity index (χ3n) is 8.56. The Morgan fingerprint density at radius 1 is 0.695 bits per heavy atom. The quantitative estimate of drug-likeness (QED) is 0.103. The van der Waals surface area contributed by atoms with Gasteiger partial charge in [0, 0.05) is 33.2 Å². The number of hydrogen-bond acceptors (Lipinski definition) is 8. The van der Waals surface area contributed by atoms with Crippen LogP contribution < -0.4 is 10.3 Å². The molecule has 0 unspecified atom stereocenters. The predicted octanol–water partition coefficient (Wildman–Crippen LogP) is 10.3. The minimum Gasteiger partial charge on any atom is -0.477 e. The van der Waals surface area contributed by atoms with Crippen LogP contribution in [-0.4, -0.2) is 89.3 Å². The zero-order valence-corrected chi connectivity index (χ0v) is 36.4. The number of ether oxygens (including phenoxy) is 1. The van der Waals surface area contributed by atoms with Crippen molar-refractivity contribution in [3.63, 3.8) is 0 Å². The second-order valence-corrected chi connectivity index (χ2v) is 15.9. The van der Waals surface area contributed by atoms with Crippen LogP contribution in [0.2, 0.25) is 0 Å². The van der Waals surface area contributed by atoms with Crippen LogP contribution in [0.1, 0.15) is 35.1 Å². The van der Waals surface area contributed by atoms with E-state index in [1.165, 1.54) is 6.07 Å². The van der Waals surface area contributed by atoms with Gasteiger partial charge < -0.3 is 24.6 Å². The van der Waals surface area contributed by atoms with Gasteiger partial charge >= 0.3 is 12.4 Å². The van der Waals surface area contributed by atoms with E-state index >= 15 is 0 Å². The average molecular weight is 955 g/mol. The van der Waals surface area contributed by atoms with E-state index in [1.807, 2.05) is 53.3 Å². The van der Waals surface area contributed by atoms with E-state index in [1.54, 1.807) is 31.2 Å². The monoisotopic (exact) mass is 952 g/mol. The predicted molar refractivity (Wildman–Crippen MR) is 227 cm³/mol. The van der Waals surface area contributed by atoms with Crippen molar-refractivity contribution in [3.8, 4) is 28.7 Å². The number of halogens is 8. The van der Waals surface area contributed by atoms with Crippen molar-refractivity contribution in [2.24, 2.45) is 0 Å². The number of aromatic amines is 1. The van der Waals surface area contributed by atoms with E-state index in [2.05, 4.69) is 61.6 Å². The summed E-state index contributed by atoms with van der Waals surface area (Å²) in [6, 6.07) is 17.9. The number of aliphatic hydroxyl groups is 1. The number of rotatable bonds is 10. The molecule has 0 radical (unpaired) electrons. The van der Waals surface area contributed by atoms with Gasteiger partial charge in [0.25, 0.3) is 5.56 Å². The summed E-state index contributed by atoms with van der Waals surface area (Å²) in [5.74, 6) is 0.672. The van der Waals surface area contributed by atoms with E-state index in [-0.39, 0.29) is 32.8 Å². The molecule has 0 fully saturated rings. The van der Waals surface area contributed by atoms with Crippen LogP contribution in [0.25, 0.3) is 44.6 Å². The van der Waals surface area contributed by atoms with Crippen LogP contribution in [0.3, 0.4) is 0 Å². The molecule has 6 aromatic rings. The number of benzene rings is 4. The lowest BCUT2D eigenvalue weighted by Crippen LogP contribution is -2.16. The Bertz CT molecular complexity index is 2420. The van der Waals surface area contributed by atoms with Crippen molar-refractivity contribution in [1.82, 2.24) is 29.7 Å². The van der Waals surface area contributed by atoms with Crippen molar-refractivity contribution in [1.29, 1.82) is 0 Å². The van der Waals surface area contributed by atoms with Gasteiger partial charge in [0.15, 0.2) is 5.82 Å². The number of hydrogen-bond donors (Lipinski definition) is 2. The highest BCUT2D eigenvalue weighted by molar-refractivity contribution is 9.10. The van der Waals surface area contributed by atoms with Gasteiger partial charge in [0.2, 0.25) is 5.88 Å². The molecule has 2 aromatic heterocycles. The van der Waals surface area contributed by atoms with E-state index in [0.717, 1.165) is 66.7 Å². The van der Waals surface area contributed by atoms with Crippen LogP contribution in [0, 0.1) is 13.8 Å². The summed E-state index contributed by atoms with van der Waals surface area (Å²) in [5, 5.41) is 9.43. The molecule has 59 heavy (non-hydrogen) atoms. The molecule has 6 rings (SSSR count). The molecule has 4 aromatic carbocycles. The summed E-state index contributed by atoms with van der Waals surface area (Å²) in [4.78, 5) is 32.1. The zero-order valence-electron chi connectivity index (χ0n) is 33.2.